The molecule has 16 bridgehead atoms. The van der Waals surface area contributed by atoms with E-state index in [1.807, 2.05) is 0 Å². The minimum Gasteiger partial charge on any atom is -0.459 e. The topological polar surface area (TPSA) is 181 Å². The van der Waals surface area contributed by atoms with Gasteiger partial charge >= 0.3 is 29.8 Å². The molecule has 0 aromatic heterocycles. The van der Waals surface area contributed by atoms with Gasteiger partial charge in [0.1, 0.15) is 28.0 Å². The van der Waals surface area contributed by atoms with Gasteiger partial charge in [-0.05, 0) is 280 Å². The van der Waals surface area contributed by atoms with E-state index in [9.17, 15) is 34.2 Å². The van der Waals surface area contributed by atoms with Crippen molar-refractivity contribution in [2.75, 3.05) is 0 Å². The molecule has 35 unspecified atom stereocenters. The number of fused-ring (bicyclic) bond motifs is 37. The number of hydrogen-bond acceptors (Lipinski definition) is 12. The molecule has 18 aliphatic rings. The number of nitrogens with zero attached hydrogens (tertiary/aromatic N) is 2. The minimum atomic E-state index is -0.220. The number of carbonyl (C=O) groups is 5. The van der Waals surface area contributed by atoms with Crippen LogP contribution in [0.25, 0.3) is 9.69 Å². The van der Waals surface area contributed by atoms with E-state index in [-0.39, 0.29) is 76.1 Å². The zero-order valence-corrected chi connectivity index (χ0v) is 55.5. The van der Waals surface area contributed by atoms with Crippen molar-refractivity contribution in [3.8, 4) is 0 Å². The third-order valence-electron chi connectivity index (χ3n) is 30.8. The van der Waals surface area contributed by atoms with Gasteiger partial charge in [-0.15, -0.1) is 0 Å². The summed E-state index contributed by atoms with van der Waals surface area (Å²) in [6.45, 7) is 33.0. The Kier molecular flexibility index (Phi) is 15.8. The second-order valence-corrected chi connectivity index (χ2v) is 34.8. The zero-order valence-electron chi connectivity index (χ0n) is 55.5. The van der Waals surface area contributed by atoms with Gasteiger partial charge in [0.2, 0.25) is 12.1 Å². The van der Waals surface area contributed by atoms with Gasteiger partial charge < -0.3 is 43.6 Å². The van der Waals surface area contributed by atoms with Crippen molar-refractivity contribution in [3.05, 3.63) is 22.8 Å². The van der Waals surface area contributed by atoms with E-state index in [1.165, 1.54) is 91.9 Å². The zero-order chi connectivity index (χ0) is 62.9. The fourth-order valence-electron chi connectivity index (χ4n) is 29.0. The average Bonchev–Trinajstić information content (AvgIpc) is 1.56. The maximum absolute atomic E-state index is 11.4. The molecule has 18 fully saturated rings. The van der Waals surface area contributed by atoms with E-state index in [2.05, 4.69) is 44.3 Å². The predicted molar refractivity (Wildman–Crippen MR) is 331 cm³/mol. The van der Waals surface area contributed by atoms with Crippen LogP contribution in [0, 0.1) is 167 Å². The van der Waals surface area contributed by atoms with Crippen LogP contribution in [0.3, 0.4) is 0 Å². The summed E-state index contributed by atoms with van der Waals surface area (Å²) in [6.07, 6.45) is 26.3. The van der Waals surface area contributed by atoms with Crippen molar-refractivity contribution in [1.29, 1.82) is 0 Å². The lowest BCUT2D eigenvalue weighted by Crippen LogP contribution is -2.47. The molecule has 14 nitrogen and oxygen atoms in total. The van der Waals surface area contributed by atoms with Crippen molar-refractivity contribution in [2.24, 2.45) is 154 Å². The summed E-state index contributed by atoms with van der Waals surface area (Å²) in [5.41, 5.74) is -0.984. The summed E-state index contributed by atoms with van der Waals surface area (Å²) < 4.78 is 28.4. The van der Waals surface area contributed by atoms with Crippen molar-refractivity contribution in [2.45, 2.75) is 269 Å². The average molecular weight is 1230 g/mol. The summed E-state index contributed by atoms with van der Waals surface area (Å²) in [7, 11) is 0. The largest absolute Gasteiger partial charge is 0.459 e. The molecule has 18 aliphatic carbocycles. The third-order valence-corrected chi connectivity index (χ3v) is 30.8. The smallest absolute Gasteiger partial charge is 0.303 e. The van der Waals surface area contributed by atoms with Crippen LogP contribution in [0.2, 0.25) is 0 Å². The summed E-state index contributed by atoms with van der Waals surface area (Å²) in [6, 6.07) is 0.548. The highest BCUT2D eigenvalue weighted by molar-refractivity contribution is 5.68. The number of ether oxygens (including phenoxy) is 5. The molecule has 0 radical (unpaired) electrons. The van der Waals surface area contributed by atoms with Crippen molar-refractivity contribution in [3.63, 3.8) is 0 Å². The number of aliphatic hydroxyl groups is 2. The van der Waals surface area contributed by atoms with Crippen LogP contribution in [0.15, 0.2) is 0 Å². The third kappa shape index (κ3) is 10.1. The maximum Gasteiger partial charge on any atom is 0.303 e. The second kappa shape index (κ2) is 22.5. The monoisotopic (exact) mass is 1230 g/mol. The summed E-state index contributed by atoms with van der Waals surface area (Å²) in [5, 5.41) is 20.1. The molecule has 0 heterocycles. The summed E-state index contributed by atoms with van der Waals surface area (Å²) >= 11 is 0. The maximum atomic E-state index is 11.4. The molecule has 0 aromatic carbocycles. The molecule has 89 heavy (non-hydrogen) atoms. The summed E-state index contributed by atoms with van der Waals surface area (Å²) in [5.74, 6) is 18.0. The lowest BCUT2D eigenvalue weighted by Gasteiger charge is -2.44. The highest BCUT2D eigenvalue weighted by atomic mass is 16.6. The van der Waals surface area contributed by atoms with E-state index < -0.39 is 0 Å². The first-order valence-corrected chi connectivity index (χ1v) is 36.3. The van der Waals surface area contributed by atoms with Crippen LogP contribution in [0.1, 0.15) is 217 Å². The Morgan fingerprint density at radius 3 is 1.19 bits per heavy atom. The SMILES string of the molecule is CC(=O)OC1(C)CC2CC1C1C3CC(O)C(C3)C21.CC(=O)OC1(C)CC2CC1C1C3CCC(C3)C21.CCC1(OC(C)=O)CC2C3CC(O)C(C3)C2C1.[C-]#[N+]C1CC2CC1C1C3CC(C21)C(C)(OC(C)=O)C3.[C-]#[N+]C1CC2CC1C1CC(CC)(OC(C)=O)CC21. The Balaban J connectivity index is 0.0000000975. The Morgan fingerprint density at radius 1 is 0.360 bits per heavy atom. The van der Waals surface area contributed by atoms with Gasteiger partial charge in [0, 0.05) is 77.0 Å². The van der Waals surface area contributed by atoms with Crippen LogP contribution in [-0.2, 0) is 47.7 Å². The number of aliphatic hydroxyl groups excluding tert-OH is 2. The van der Waals surface area contributed by atoms with E-state index in [0.717, 1.165) is 149 Å². The molecule has 490 valence electrons. The number of hydrogen-bond donors (Lipinski definition) is 2. The highest BCUT2D eigenvalue weighted by Crippen LogP contribution is 2.74. The van der Waals surface area contributed by atoms with E-state index >= 15 is 0 Å². The Morgan fingerprint density at radius 2 is 0.708 bits per heavy atom. The van der Waals surface area contributed by atoms with Crippen LogP contribution >= 0.6 is 0 Å². The van der Waals surface area contributed by atoms with Gasteiger partial charge in [0.05, 0.1) is 12.2 Å². The Hall–Kier alpha value is -3.75. The molecule has 35 atom stereocenters. The van der Waals surface area contributed by atoms with Crippen molar-refractivity contribution < 1.29 is 57.9 Å². The highest BCUT2D eigenvalue weighted by Gasteiger charge is 2.72. The molecule has 0 saturated heterocycles. The van der Waals surface area contributed by atoms with Gasteiger partial charge in [-0.3, -0.25) is 24.0 Å². The number of esters is 5. The number of rotatable bonds is 7. The quantitative estimate of drug-likeness (QED) is 0.107. The summed E-state index contributed by atoms with van der Waals surface area (Å²) in [4.78, 5) is 64.2. The molecule has 0 spiro atoms. The first-order valence-electron chi connectivity index (χ1n) is 36.3. The Labute approximate surface area is 531 Å². The first kappa shape index (κ1) is 62.7. The first-order chi connectivity index (χ1) is 42.2. The number of carbonyl (C=O) groups excluding carboxylic acids is 5. The van der Waals surface area contributed by atoms with Gasteiger partial charge in [-0.25, -0.2) is 13.1 Å². The Bertz CT molecular complexity index is 2890. The van der Waals surface area contributed by atoms with Crippen molar-refractivity contribution in [1.82, 2.24) is 0 Å². The fourth-order valence-corrected chi connectivity index (χ4v) is 29.0. The lowest BCUT2D eigenvalue weighted by atomic mass is 9.65. The minimum absolute atomic E-state index is 0.0458. The van der Waals surface area contributed by atoms with Crippen LogP contribution in [0.4, 0.5) is 0 Å². The van der Waals surface area contributed by atoms with Crippen LogP contribution in [0.5, 0.6) is 0 Å². The van der Waals surface area contributed by atoms with Gasteiger partial charge in [0.25, 0.3) is 0 Å². The molecular weight excluding hydrogens is 1120 g/mol. The molecule has 14 heteroatoms. The lowest BCUT2D eigenvalue weighted by molar-refractivity contribution is -0.167. The second-order valence-electron chi connectivity index (χ2n) is 34.8. The molecule has 18 rings (SSSR count). The fraction of sp³-hybridized carbons (Fsp3) is 0.907. The van der Waals surface area contributed by atoms with E-state index in [1.54, 1.807) is 6.92 Å². The molecule has 0 amide bonds. The van der Waals surface area contributed by atoms with Gasteiger partial charge in [-0.1, -0.05) is 13.8 Å². The molecular formula is C75H108N2O12. The molecule has 2 N–H and O–H groups in total. The van der Waals surface area contributed by atoms with Crippen molar-refractivity contribution >= 4 is 29.8 Å². The van der Waals surface area contributed by atoms with Crippen LogP contribution < -0.4 is 0 Å². The molecule has 0 aromatic rings. The van der Waals surface area contributed by atoms with Gasteiger partial charge in [0.15, 0.2) is 0 Å². The van der Waals surface area contributed by atoms with E-state index in [4.69, 9.17) is 36.8 Å². The molecule has 0 aliphatic heterocycles. The predicted octanol–water partition coefficient (Wildman–Crippen LogP) is 13.1. The standard InChI is InChI=1S/C16H21NO2.C15H21NO2.C15H22O3.C15H22O2.C14H22O3/c1-8(18)19-16(2)7-10-5-12(16)15-9-4-11(14(10)15)13(6-9)17-3;1-4-15(18-9(2)17)7-12-10-5-11(13(12)8-15)14(6-10)16-3;1-7(16)18-15(2)6-9-4-11(15)14-8-3-10(13(9)14)12(17)5-8;1-8(16)17-15(2)7-11-6-12(15)14-10-4-3-9(5-10)13(11)14;1-3-14(17-8(2)15)6-11-9-4-10(12(11)7-14)13(16)5-9/h9-15H,4-7H2,1-2H3;10-14H,4-8H2,1-2H3;8-14,17H,3-6H2,1-2H3;9-14H,3-7H2,1-2H3;9-13,16H,3-7H2,1-2H3. The van der Waals surface area contributed by atoms with E-state index in [0.29, 0.717) is 94.8 Å². The van der Waals surface area contributed by atoms with Gasteiger partial charge in [-0.2, -0.15) is 0 Å². The van der Waals surface area contributed by atoms with Crippen LogP contribution in [-0.4, -0.2) is 92.4 Å². The molecule has 18 saturated carbocycles. The normalized spacial score (nSPS) is 55.2.